The Morgan fingerprint density at radius 3 is 2.54 bits per heavy atom. The van der Waals surface area contributed by atoms with Crippen molar-refractivity contribution >= 4 is 0 Å². The number of rotatable bonds is 5. The first-order chi connectivity index (χ1) is 19.5. The molecular weight excluding hydrogens is 522 g/mol. The molecule has 15 atom stereocenters. The smallest absolute Gasteiger partial charge is 0.186 e. The molecule has 4 fully saturated rings. The lowest BCUT2D eigenvalue weighted by molar-refractivity contribution is -0.313. The highest BCUT2D eigenvalue weighted by Gasteiger charge is 2.59. The van der Waals surface area contributed by atoms with Crippen LogP contribution in [0.5, 0.6) is 0 Å². The van der Waals surface area contributed by atoms with Crippen LogP contribution in [0.15, 0.2) is 23.3 Å². The average molecular weight is 576 g/mol. The third-order valence-electron chi connectivity index (χ3n) is 12.9. The average Bonchev–Trinajstić information content (AvgIpc) is 3.24. The molecule has 2 aliphatic heterocycles. The van der Waals surface area contributed by atoms with Crippen LogP contribution in [-0.4, -0.2) is 87.6 Å². The summed E-state index contributed by atoms with van der Waals surface area (Å²) in [6, 6.07) is 0.456. The maximum Gasteiger partial charge on any atom is 0.186 e. The van der Waals surface area contributed by atoms with E-state index >= 15 is 0 Å². The van der Waals surface area contributed by atoms with Crippen LogP contribution in [0.25, 0.3) is 0 Å². The summed E-state index contributed by atoms with van der Waals surface area (Å²) in [7, 11) is 0. The quantitative estimate of drug-likeness (QED) is 0.276. The van der Waals surface area contributed by atoms with Gasteiger partial charge in [0.25, 0.3) is 0 Å². The standard InChI is InChI=1S/C33H53NO7/c1-17-5-10-25(34-15-17)18(2)33(4)24-9-8-23-21(22(24)14-27(33)36)7-6-19-13-20(11-12-32(19,23)3)40-31-30(39)29(38)28(37)26(16-35)41-31/h6,9,17-18,20-23,25-31,34-39H,5,7-8,10-16H2,1-4H3. The highest BCUT2D eigenvalue weighted by atomic mass is 16.7. The molecule has 0 amide bonds. The zero-order valence-electron chi connectivity index (χ0n) is 25.3. The summed E-state index contributed by atoms with van der Waals surface area (Å²) in [5.41, 5.74) is 2.80. The number of allylic oxidation sites excluding steroid dienone is 2. The molecule has 0 aromatic heterocycles. The third-order valence-corrected chi connectivity index (χ3v) is 12.9. The number of nitrogens with one attached hydrogen (secondary N) is 1. The predicted octanol–water partition coefficient (Wildman–Crippen LogP) is 2.67. The van der Waals surface area contributed by atoms with Crippen LogP contribution in [0.4, 0.5) is 0 Å². The van der Waals surface area contributed by atoms with E-state index in [1.54, 1.807) is 0 Å². The van der Waals surface area contributed by atoms with Crippen LogP contribution in [0.2, 0.25) is 0 Å². The number of piperidine rings is 1. The number of fused-ring (bicyclic) bond motifs is 5. The van der Waals surface area contributed by atoms with E-state index in [2.05, 4.69) is 45.2 Å². The van der Waals surface area contributed by atoms with Crippen LogP contribution < -0.4 is 5.32 Å². The molecule has 2 saturated carbocycles. The van der Waals surface area contributed by atoms with E-state index in [1.807, 2.05) is 0 Å². The van der Waals surface area contributed by atoms with Gasteiger partial charge in [-0.2, -0.15) is 0 Å². The molecule has 0 bridgehead atoms. The van der Waals surface area contributed by atoms with Gasteiger partial charge in [0.15, 0.2) is 6.29 Å². The van der Waals surface area contributed by atoms with Crippen molar-refractivity contribution in [3.8, 4) is 0 Å². The fourth-order valence-corrected chi connectivity index (χ4v) is 9.89. The Balaban J connectivity index is 1.16. The monoisotopic (exact) mass is 575 g/mol. The Hall–Kier alpha value is -0.840. The minimum atomic E-state index is -1.43. The summed E-state index contributed by atoms with van der Waals surface area (Å²) in [5, 5.41) is 55.8. The number of aliphatic hydroxyl groups is 5. The lowest BCUT2D eigenvalue weighted by Crippen LogP contribution is -2.60. The topological polar surface area (TPSA) is 132 Å². The first-order valence-corrected chi connectivity index (χ1v) is 16.3. The second kappa shape index (κ2) is 11.3. The minimum absolute atomic E-state index is 0.0663. The Morgan fingerprint density at radius 2 is 1.83 bits per heavy atom. The molecule has 6 rings (SSSR count). The molecule has 41 heavy (non-hydrogen) atoms. The van der Waals surface area contributed by atoms with Crippen molar-refractivity contribution in [3.05, 3.63) is 23.3 Å². The van der Waals surface area contributed by atoms with E-state index in [-0.39, 0.29) is 23.0 Å². The highest BCUT2D eigenvalue weighted by Crippen LogP contribution is 2.64. The Labute approximate surface area is 245 Å². The number of hydrogen-bond donors (Lipinski definition) is 6. The van der Waals surface area contributed by atoms with Gasteiger partial charge in [-0.1, -0.05) is 51.0 Å². The molecule has 2 heterocycles. The van der Waals surface area contributed by atoms with Gasteiger partial charge in [0.05, 0.1) is 18.8 Å². The molecule has 8 heteroatoms. The second-order valence-electron chi connectivity index (χ2n) is 14.9. The number of aliphatic hydroxyl groups excluding tert-OH is 5. The van der Waals surface area contributed by atoms with E-state index in [0.717, 1.165) is 51.0 Å². The molecule has 6 aliphatic rings. The number of ether oxygens (including phenoxy) is 2. The molecule has 0 aromatic carbocycles. The fraction of sp³-hybridized carbons (Fsp3) is 0.879. The maximum absolute atomic E-state index is 11.6. The third kappa shape index (κ3) is 4.89. The highest BCUT2D eigenvalue weighted by molar-refractivity contribution is 5.34. The van der Waals surface area contributed by atoms with Gasteiger partial charge in [0, 0.05) is 11.5 Å². The van der Waals surface area contributed by atoms with Crippen LogP contribution in [0.3, 0.4) is 0 Å². The van der Waals surface area contributed by atoms with Gasteiger partial charge in [0.2, 0.25) is 0 Å². The van der Waals surface area contributed by atoms with E-state index in [9.17, 15) is 25.5 Å². The second-order valence-corrected chi connectivity index (χ2v) is 14.9. The Morgan fingerprint density at radius 1 is 1.05 bits per heavy atom. The van der Waals surface area contributed by atoms with Gasteiger partial charge in [0.1, 0.15) is 24.4 Å². The fourth-order valence-electron chi connectivity index (χ4n) is 9.89. The summed E-state index contributed by atoms with van der Waals surface area (Å²) >= 11 is 0. The van der Waals surface area contributed by atoms with Crippen molar-refractivity contribution in [2.24, 2.45) is 40.4 Å². The summed E-state index contributed by atoms with van der Waals surface area (Å²) in [6.07, 6.45) is 6.16. The van der Waals surface area contributed by atoms with Crippen LogP contribution >= 0.6 is 0 Å². The van der Waals surface area contributed by atoms with E-state index in [0.29, 0.717) is 29.7 Å². The van der Waals surface area contributed by atoms with Gasteiger partial charge in [-0.3, -0.25) is 0 Å². The molecule has 0 spiro atoms. The van der Waals surface area contributed by atoms with Crippen molar-refractivity contribution in [1.82, 2.24) is 5.32 Å². The lowest BCUT2D eigenvalue weighted by Gasteiger charge is -2.54. The normalized spacial score (nSPS) is 52.5. The molecule has 4 aliphatic carbocycles. The van der Waals surface area contributed by atoms with Gasteiger partial charge in [-0.25, -0.2) is 0 Å². The molecule has 0 radical (unpaired) electrons. The first kappa shape index (κ1) is 30.2. The summed E-state index contributed by atoms with van der Waals surface area (Å²) < 4.78 is 11.8. The Bertz CT molecular complexity index is 1020. The van der Waals surface area contributed by atoms with E-state index in [4.69, 9.17) is 9.47 Å². The molecular formula is C33H53NO7. The van der Waals surface area contributed by atoms with Crippen LogP contribution in [0, 0.1) is 40.4 Å². The molecule has 15 unspecified atom stereocenters. The van der Waals surface area contributed by atoms with Crippen molar-refractivity contribution in [2.45, 2.75) is 128 Å². The molecule has 232 valence electrons. The van der Waals surface area contributed by atoms with Crippen molar-refractivity contribution < 1.29 is 35.0 Å². The largest absolute Gasteiger partial charge is 0.394 e. The molecule has 0 aromatic rings. The summed E-state index contributed by atoms with van der Waals surface area (Å²) in [6.45, 7) is 10.0. The minimum Gasteiger partial charge on any atom is -0.394 e. The zero-order chi connectivity index (χ0) is 29.3. The van der Waals surface area contributed by atoms with Gasteiger partial charge < -0.3 is 40.3 Å². The van der Waals surface area contributed by atoms with Crippen LogP contribution in [0.1, 0.15) is 79.1 Å². The van der Waals surface area contributed by atoms with E-state index in [1.165, 1.54) is 24.0 Å². The maximum atomic E-state index is 11.6. The lowest BCUT2D eigenvalue weighted by atomic mass is 9.51. The molecule has 2 saturated heterocycles. The Kier molecular flexibility index (Phi) is 8.29. The van der Waals surface area contributed by atoms with Gasteiger partial charge in [-0.05, 0) is 92.9 Å². The molecule has 6 N–H and O–H groups in total. The van der Waals surface area contributed by atoms with Crippen molar-refractivity contribution in [3.63, 3.8) is 0 Å². The van der Waals surface area contributed by atoms with Gasteiger partial charge in [-0.15, -0.1) is 0 Å². The van der Waals surface area contributed by atoms with Gasteiger partial charge >= 0.3 is 0 Å². The van der Waals surface area contributed by atoms with Crippen molar-refractivity contribution in [1.29, 1.82) is 0 Å². The summed E-state index contributed by atoms with van der Waals surface area (Å²) in [4.78, 5) is 0. The van der Waals surface area contributed by atoms with Crippen molar-refractivity contribution in [2.75, 3.05) is 13.2 Å². The molecule has 8 nitrogen and oxygen atoms in total. The first-order valence-electron chi connectivity index (χ1n) is 16.3. The predicted molar refractivity (Wildman–Crippen MR) is 155 cm³/mol. The van der Waals surface area contributed by atoms with E-state index < -0.39 is 37.3 Å². The van der Waals surface area contributed by atoms with Crippen LogP contribution in [-0.2, 0) is 9.47 Å². The zero-order valence-corrected chi connectivity index (χ0v) is 25.3. The number of hydrogen-bond acceptors (Lipinski definition) is 8. The SMILES string of the molecule is CC1CCC(C(C)C2(C)C3=CCC4C(CC=C5CC(OC6OC(CO)C(O)C(O)C6O)CCC54C)C3CC2O)NC1. The summed E-state index contributed by atoms with van der Waals surface area (Å²) in [5.74, 6) is 2.61.